The van der Waals surface area contributed by atoms with Gasteiger partial charge in [0, 0.05) is 38.1 Å². The van der Waals surface area contributed by atoms with Gasteiger partial charge in [-0.15, -0.1) is 0 Å². The number of hydrogen-bond donors (Lipinski definition) is 0. The molecule has 0 aliphatic carbocycles. The summed E-state index contributed by atoms with van der Waals surface area (Å²) in [4.78, 5) is 21.2. The Hall–Kier alpha value is -2.81. The Morgan fingerprint density at radius 3 is 2.50 bits per heavy atom. The predicted molar refractivity (Wildman–Crippen MR) is 122 cm³/mol. The van der Waals surface area contributed by atoms with Gasteiger partial charge < -0.3 is 14.4 Å². The highest BCUT2D eigenvalue weighted by molar-refractivity contribution is 5.71. The molecule has 0 bridgehead atoms. The van der Waals surface area contributed by atoms with Gasteiger partial charge >= 0.3 is 12.3 Å². The molecule has 2 aliphatic heterocycles. The second-order valence-electron chi connectivity index (χ2n) is 9.25. The molecule has 34 heavy (non-hydrogen) atoms. The summed E-state index contributed by atoms with van der Waals surface area (Å²) in [5.74, 6) is 0.788. The lowest BCUT2D eigenvalue weighted by Crippen LogP contribution is -2.38. The van der Waals surface area contributed by atoms with Crippen molar-refractivity contribution in [1.82, 2.24) is 9.88 Å². The molecule has 2 aromatic rings. The molecule has 0 unspecified atom stereocenters. The van der Waals surface area contributed by atoms with Crippen LogP contribution in [0, 0.1) is 13.8 Å². The zero-order chi connectivity index (χ0) is 24.6. The Bertz CT molecular complexity index is 1050. The normalized spacial score (nSPS) is 21.6. The third-order valence-electron chi connectivity index (χ3n) is 6.64. The molecule has 2 saturated heterocycles. The molecule has 1 aromatic carbocycles. The first-order chi connectivity index (χ1) is 16.0. The lowest BCUT2D eigenvalue weighted by atomic mass is 9.98. The number of halogens is 3. The highest BCUT2D eigenvalue weighted by Crippen LogP contribution is 2.38. The second kappa shape index (κ2) is 9.44. The molecule has 1 amide bonds. The molecule has 0 N–H and O–H groups in total. The Morgan fingerprint density at radius 2 is 1.82 bits per heavy atom. The van der Waals surface area contributed by atoms with Crippen molar-refractivity contribution in [3.05, 3.63) is 58.3 Å². The molecule has 0 saturated carbocycles. The summed E-state index contributed by atoms with van der Waals surface area (Å²) < 4.78 is 51.1. The minimum Gasteiger partial charge on any atom is -0.439 e. The first-order valence-electron chi connectivity index (χ1n) is 11.5. The maximum atomic E-state index is 13.3. The summed E-state index contributed by atoms with van der Waals surface area (Å²) in [5.41, 5.74) is 1.91. The van der Waals surface area contributed by atoms with Crippen LogP contribution in [0.2, 0.25) is 0 Å². The lowest BCUT2D eigenvalue weighted by Gasteiger charge is -2.34. The van der Waals surface area contributed by atoms with Crippen molar-refractivity contribution in [3.63, 3.8) is 0 Å². The molecule has 9 heteroatoms. The zero-order valence-corrected chi connectivity index (χ0v) is 19.9. The number of carbonyl (C=O) groups is 1. The van der Waals surface area contributed by atoms with E-state index < -0.39 is 30.0 Å². The average Bonchev–Trinajstić information content (AvgIpc) is 3.07. The molecular formula is C25H30F3N3O3. The van der Waals surface area contributed by atoms with Crippen LogP contribution in [-0.2, 0) is 22.2 Å². The van der Waals surface area contributed by atoms with Gasteiger partial charge in [0.2, 0.25) is 0 Å². The van der Waals surface area contributed by atoms with Gasteiger partial charge in [-0.1, -0.05) is 11.6 Å². The number of hydrogen-bond acceptors (Lipinski definition) is 5. The number of cyclic esters (lactones) is 1. The molecule has 2 atom stereocenters. The van der Waals surface area contributed by atoms with Gasteiger partial charge in [-0.05, 0) is 62.9 Å². The van der Waals surface area contributed by atoms with Gasteiger partial charge in [0.1, 0.15) is 11.9 Å². The van der Waals surface area contributed by atoms with Crippen LogP contribution in [0.1, 0.15) is 53.7 Å². The SMILES string of the molecule is Cc1cc([C@H]2OC(=O)N(Cc3cc(C)cnc3N(C)C3CCOCC3)[C@H]2C)cc(C(F)(F)F)c1. The summed E-state index contributed by atoms with van der Waals surface area (Å²) in [6.07, 6.45) is -2.22. The molecule has 184 valence electrons. The number of aromatic nitrogens is 1. The largest absolute Gasteiger partial charge is 0.439 e. The van der Waals surface area contributed by atoms with Crippen LogP contribution in [0.15, 0.2) is 30.5 Å². The third-order valence-corrected chi connectivity index (χ3v) is 6.64. The maximum absolute atomic E-state index is 13.3. The average molecular weight is 478 g/mol. The van der Waals surface area contributed by atoms with Crippen molar-refractivity contribution >= 4 is 11.9 Å². The highest BCUT2D eigenvalue weighted by Gasteiger charge is 2.41. The smallest absolute Gasteiger partial charge is 0.416 e. The Balaban J connectivity index is 1.59. The van der Waals surface area contributed by atoms with Crippen molar-refractivity contribution in [2.24, 2.45) is 0 Å². The quantitative estimate of drug-likeness (QED) is 0.576. The van der Waals surface area contributed by atoms with Gasteiger partial charge in [-0.25, -0.2) is 9.78 Å². The van der Waals surface area contributed by atoms with E-state index in [1.165, 1.54) is 0 Å². The number of alkyl halides is 3. The fraction of sp³-hybridized carbons (Fsp3) is 0.520. The minimum atomic E-state index is -4.47. The summed E-state index contributed by atoms with van der Waals surface area (Å²) in [5, 5.41) is 0. The summed E-state index contributed by atoms with van der Waals surface area (Å²) >= 11 is 0. The van der Waals surface area contributed by atoms with Gasteiger partial charge in [0.25, 0.3) is 0 Å². The number of benzene rings is 1. The summed E-state index contributed by atoms with van der Waals surface area (Å²) in [6.45, 7) is 7.00. The molecule has 1 aromatic heterocycles. The van der Waals surface area contributed by atoms with Crippen LogP contribution in [0.4, 0.5) is 23.8 Å². The van der Waals surface area contributed by atoms with Crippen LogP contribution in [-0.4, -0.2) is 48.3 Å². The maximum Gasteiger partial charge on any atom is 0.416 e. The number of amides is 1. The topological polar surface area (TPSA) is 54.9 Å². The minimum absolute atomic E-state index is 0.256. The number of carbonyl (C=O) groups excluding carboxylic acids is 1. The number of pyridine rings is 1. The van der Waals surface area contributed by atoms with E-state index in [0.29, 0.717) is 24.3 Å². The van der Waals surface area contributed by atoms with E-state index in [9.17, 15) is 18.0 Å². The van der Waals surface area contributed by atoms with Crippen LogP contribution >= 0.6 is 0 Å². The number of rotatable bonds is 5. The summed E-state index contributed by atoms with van der Waals surface area (Å²) in [7, 11) is 2.00. The molecule has 6 nitrogen and oxygen atoms in total. The van der Waals surface area contributed by atoms with E-state index in [1.54, 1.807) is 31.0 Å². The standard InChI is InChI=1S/C25H30F3N3O3/c1-15-9-18(12-20(11-15)25(26,27)28)22-17(3)31(24(32)34-22)14-19-10-16(2)13-29-23(19)30(4)21-5-7-33-8-6-21/h9-13,17,21-22H,5-8,14H2,1-4H3/t17-,22-/m0/s1. The number of nitrogens with zero attached hydrogens (tertiary/aromatic N) is 3. The molecule has 0 radical (unpaired) electrons. The van der Waals surface area contributed by atoms with E-state index in [2.05, 4.69) is 9.88 Å². The number of ether oxygens (including phenoxy) is 2. The van der Waals surface area contributed by atoms with Gasteiger partial charge in [0.15, 0.2) is 0 Å². The number of aryl methyl sites for hydroxylation is 2. The van der Waals surface area contributed by atoms with Crippen LogP contribution in [0.5, 0.6) is 0 Å². The van der Waals surface area contributed by atoms with Crippen molar-refractivity contribution in [1.29, 1.82) is 0 Å². The van der Waals surface area contributed by atoms with Crippen molar-refractivity contribution < 1.29 is 27.4 Å². The van der Waals surface area contributed by atoms with Crippen LogP contribution in [0.25, 0.3) is 0 Å². The van der Waals surface area contributed by atoms with E-state index in [4.69, 9.17) is 9.47 Å². The molecule has 2 fully saturated rings. The zero-order valence-electron chi connectivity index (χ0n) is 19.9. The number of anilines is 1. The van der Waals surface area contributed by atoms with E-state index in [0.717, 1.165) is 41.9 Å². The van der Waals surface area contributed by atoms with E-state index in [-0.39, 0.29) is 12.6 Å². The first-order valence-corrected chi connectivity index (χ1v) is 11.5. The van der Waals surface area contributed by atoms with Crippen molar-refractivity contribution in [3.8, 4) is 0 Å². The first kappa shape index (κ1) is 24.3. The monoisotopic (exact) mass is 477 g/mol. The lowest BCUT2D eigenvalue weighted by molar-refractivity contribution is -0.137. The van der Waals surface area contributed by atoms with Gasteiger partial charge in [-0.2, -0.15) is 13.2 Å². The van der Waals surface area contributed by atoms with E-state index in [1.807, 2.05) is 20.0 Å². The Labute approximate surface area is 197 Å². The van der Waals surface area contributed by atoms with E-state index >= 15 is 0 Å². The van der Waals surface area contributed by atoms with Gasteiger partial charge in [-0.3, -0.25) is 4.90 Å². The molecule has 4 rings (SSSR count). The van der Waals surface area contributed by atoms with Crippen LogP contribution in [0.3, 0.4) is 0 Å². The Morgan fingerprint density at radius 1 is 1.12 bits per heavy atom. The second-order valence-corrected chi connectivity index (χ2v) is 9.25. The van der Waals surface area contributed by atoms with Crippen molar-refractivity contribution in [2.45, 2.75) is 64.5 Å². The fourth-order valence-corrected chi connectivity index (χ4v) is 4.79. The van der Waals surface area contributed by atoms with Crippen LogP contribution < -0.4 is 4.90 Å². The molecule has 0 spiro atoms. The highest BCUT2D eigenvalue weighted by atomic mass is 19.4. The molecular weight excluding hydrogens is 447 g/mol. The van der Waals surface area contributed by atoms with Crippen molar-refractivity contribution in [2.75, 3.05) is 25.2 Å². The molecule has 2 aliphatic rings. The summed E-state index contributed by atoms with van der Waals surface area (Å²) in [6, 6.07) is 5.65. The fourth-order valence-electron chi connectivity index (χ4n) is 4.79. The third kappa shape index (κ3) is 4.99. The molecule has 3 heterocycles. The predicted octanol–water partition coefficient (Wildman–Crippen LogP) is 5.41. The van der Waals surface area contributed by atoms with Gasteiger partial charge in [0.05, 0.1) is 18.2 Å². The Kier molecular flexibility index (Phi) is 6.75.